The predicted octanol–water partition coefficient (Wildman–Crippen LogP) is 2.85. The molecule has 1 aliphatic rings. The Hall–Kier alpha value is -1.62. The number of rotatable bonds is 5. The van der Waals surface area contributed by atoms with Crippen molar-refractivity contribution in [2.24, 2.45) is 0 Å². The molecule has 116 valence electrons. The van der Waals surface area contributed by atoms with Gasteiger partial charge in [0.05, 0.1) is 12.2 Å². The summed E-state index contributed by atoms with van der Waals surface area (Å²) in [4.78, 5) is 15.8. The number of ether oxygens (including phenoxy) is 2. The smallest absolute Gasteiger partial charge is 0.341 e. The molecule has 1 aromatic heterocycles. The van der Waals surface area contributed by atoms with E-state index in [1.807, 2.05) is 20.8 Å². The molecule has 0 amide bonds. The number of carboxylic acids is 1. The molecule has 1 aromatic rings. The normalized spacial score (nSPS) is 14.6. The van der Waals surface area contributed by atoms with E-state index in [-0.39, 0.29) is 17.0 Å². The van der Waals surface area contributed by atoms with Crippen LogP contribution < -0.4 is 4.74 Å². The zero-order valence-electron chi connectivity index (χ0n) is 12.9. The maximum Gasteiger partial charge on any atom is 0.341 e. The van der Waals surface area contributed by atoms with Gasteiger partial charge in [-0.3, -0.25) is 0 Å². The van der Waals surface area contributed by atoms with Gasteiger partial charge in [-0.05, 0) is 58.1 Å². The Labute approximate surface area is 125 Å². The third kappa shape index (κ3) is 4.43. The number of carbonyl (C=O) groups is 1. The summed E-state index contributed by atoms with van der Waals surface area (Å²) in [6, 6.07) is 1.71. The Kier molecular flexibility index (Phi) is 4.83. The van der Waals surface area contributed by atoms with E-state index in [0.29, 0.717) is 13.2 Å². The Morgan fingerprint density at radius 2 is 2.00 bits per heavy atom. The molecule has 1 aliphatic carbocycles. The molecule has 0 bridgehead atoms. The second kappa shape index (κ2) is 6.43. The summed E-state index contributed by atoms with van der Waals surface area (Å²) in [6.07, 6.45) is 3.98. The number of aromatic carboxylic acids is 1. The van der Waals surface area contributed by atoms with Crippen molar-refractivity contribution in [3.8, 4) is 5.88 Å². The second-order valence-electron chi connectivity index (χ2n) is 6.27. The summed E-state index contributed by atoms with van der Waals surface area (Å²) < 4.78 is 11.1. The highest BCUT2D eigenvalue weighted by Crippen LogP contribution is 2.26. The van der Waals surface area contributed by atoms with Crippen LogP contribution in [0.1, 0.15) is 55.2 Å². The van der Waals surface area contributed by atoms with E-state index in [1.165, 1.54) is 0 Å². The van der Waals surface area contributed by atoms with Crippen molar-refractivity contribution in [2.75, 3.05) is 13.2 Å². The van der Waals surface area contributed by atoms with Crippen LogP contribution in [0.25, 0.3) is 0 Å². The van der Waals surface area contributed by atoms with Gasteiger partial charge in [-0.25, -0.2) is 9.78 Å². The van der Waals surface area contributed by atoms with Gasteiger partial charge >= 0.3 is 5.97 Å². The van der Waals surface area contributed by atoms with Gasteiger partial charge in [-0.15, -0.1) is 0 Å². The highest BCUT2D eigenvalue weighted by molar-refractivity contribution is 5.90. The summed E-state index contributed by atoms with van der Waals surface area (Å²) in [5.41, 5.74) is 1.92. The number of aryl methyl sites for hydroxylation is 2. The Morgan fingerprint density at radius 1 is 1.29 bits per heavy atom. The van der Waals surface area contributed by atoms with Crippen LogP contribution in [0.3, 0.4) is 0 Å². The van der Waals surface area contributed by atoms with Crippen LogP contribution in [0.2, 0.25) is 0 Å². The van der Waals surface area contributed by atoms with E-state index in [0.717, 1.165) is 36.9 Å². The first-order chi connectivity index (χ1) is 9.87. The number of carboxylic acid groups (broad SMARTS) is 1. The van der Waals surface area contributed by atoms with Crippen LogP contribution in [0, 0.1) is 0 Å². The number of aromatic nitrogens is 1. The fourth-order valence-electron chi connectivity index (χ4n) is 2.36. The Bertz CT molecular complexity index is 520. The van der Waals surface area contributed by atoms with E-state index < -0.39 is 5.97 Å². The van der Waals surface area contributed by atoms with E-state index in [2.05, 4.69) is 4.98 Å². The van der Waals surface area contributed by atoms with Gasteiger partial charge in [0, 0.05) is 5.69 Å². The van der Waals surface area contributed by atoms with Crippen molar-refractivity contribution in [1.82, 2.24) is 4.98 Å². The summed E-state index contributed by atoms with van der Waals surface area (Å²) in [7, 11) is 0. The lowest BCUT2D eigenvalue weighted by Gasteiger charge is -2.20. The minimum atomic E-state index is -0.998. The molecule has 0 saturated carbocycles. The van der Waals surface area contributed by atoms with Crippen LogP contribution in [-0.2, 0) is 17.6 Å². The molecular formula is C16H23NO4. The molecule has 5 nitrogen and oxygen atoms in total. The van der Waals surface area contributed by atoms with E-state index >= 15 is 0 Å². The summed E-state index contributed by atoms with van der Waals surface area (Å²) >= 11 is 0. The van der Waals surface area contributed by atoms with Gasteiger partial charge in [-0.2, -0.15) is 0 Å². The lowest BCUT2D eigenvalue weighted by atomic mass is 9.95. The summed E-state index contributed by atoms with van der Waals surface area (Å²) in [5, 5.41) is 9.30. The number of nitrogens with zero attached hydrogens (tertiary/aromatic N) is 1. The molecule has 1 heterocycles. The maximum atomic E-state index is 11.3. The molecule has 5 heteroatoms. The van der Waals surface area contributed by atoms with Crippen LogP contribution in [0.4, 0.5) is 0 Å². The van der Waals surface area contributed by atoms with Crippen molar-refractivity contribution in [3.05, 3.63) is 22.9 Å². The van der Waals surface area contributed by atoms with E-state index in [4.69, 9.17) is 9.47 Å². The molecule has 21 heavy (non-hydrogen) atoms. The van der Waals surface area contributed by atoms with Gasteiger partial charge in [0.1, 0.15) is 12.2 Å². The first kappa shape index (κ1) is 15.8. The standard InChI is InChI=1S/C16H23NO4/c1-16(2,3)21-9-8-20-14-12(15(18)19)10-11-6-4-5-7-13(11)17-14/h10H,4-9H2,1-3H3,(H,18,19). The molecule has 0 spiro atoms. The molecule has 0 atom stereocenters. The number of hydrogen-bond acceptors (Lipinski definition) is 4. The van der Waals surface area contributed by atoms with Gasteiger partial charge in [-0.1, -0.05) is 0 Å². The van der Waals surface area contributed by atoms with Crippen molar-refractivity contribution in [2.45, 2.75) is 52.1 Å². The molecule has 2 rings (SSSR count). The second-order valence-corrected chi connectivity index (χ2v) is 6.27. The van der Waals surface area contributed by atoms with Crippen molar-refractivity contribution in [1.29, 1.82) is 0 Å². The molecule has 0 unspecified atom stereocenters. The van der Waals surface area contributed by atoms with E-state index in [1.54, 1.807) is 6.07 Å². The fraction of sp³-hybridized carbons (Fsp3) is 0.625. The molecule has 0 radical (unpaired) electrons. The molecule has 0 aliphatic heterocycles. The van der Waals surface area contributed by atoms with Crippen LogP contribution in [0.15, 0.2) is 6.07 Å². The van der Waals surface area contributed by atoms with Crippen LogP contribution >= 0.6 is 0 Å². The Morgan fingerprint density at radius 3 is 2.67 bits per heavy atom. The molecule has 0 aromatic carbocycles. The minimum Gasteiger partial charge on any atom is -0.477 e. The van der Waals surface area contributed by atoms with Crippen LogP contribution in [-0.4, -0.2) is 34.9 Å². The van der Waals surface area contributed by atoms with Crippen LogP contribution in [0.5, 0.6) is 5.88 Å². The average molecular weight is 293 g/mol. The lowest BCUT2D eigenvalue weighted by molar-refractivity contribution is -0.0170. The first-order valence-corrected chi connectivity index (χ1v) is 7.40. The monoisotopic (exact) mass is 293 g/mol. The summed E-state index contributed by atoms with van der Waals surface area (Å²) in [5.74, 6) is -0.789. The van der Waals surface area contributed by atoms with Gasteiger partial charge in [0.25, 0.3) is 0 Å². The molecular weight excluding hydrogens is 270 g/mol. The third-order valence-corrected chi connectivity index (χ3v) is 3.35. The lowest BCUT2D eigenvalue weighted by Crippen LogP contribution is -2.23. The predicted molar refractivity (Wildman–Crippen MR) is 79.0 cm³/mol. The average Bonchev–Trinajstić information content (AvgIpc) is 2.41. The number of fused-ring (bicyclic) bond motifs is 1. The fourth-order valence-corrected chi connectivity index (χ4v) is 2.36. The quantitative estimate of drug-likeness (QED) is 0.845. The SMILES string of the molecule is CC(C)(C)OCCOc1nc2c(cc1C(=O)O)CCCC2. The van der Waals surface area contributed by atoms with Gasteiger partial charge in [0.2, 0.25) is 5.88 Å². The summed E-state index contributed by atoms with van der Waals surface area (Å²) in [6.45, 7) is 6.59. The molecule has 1 N–H and O–H groups in total. The largest absolute Gasteiger partial charge is 0.477 e. The molecule has 0 fully saturated rings. The van der Waals surface area contributed by atoms with Gasteiger partial charge < -0.3 is 14.6 Å². The van der Waals surface area contributed by atoms with Gasteiger partial charge in [0.15, 0.2) is 0 Å². The maximum absolute atomic E-state index is 11.3. The molecule has 0 saturated heterocycles. The van der Waals surface area contributed by atoms with Crippen molar-refractivity contribution < 1.29 is 19.4 Å². The number of pyridine rings is 1. The third-order valence-electron chi connectivity index (χ3n) is 3.35. The zero-order valence-corrected chi connectivity index (χ0v) is 12.9. The first-order valence-electron chi connectivity index (χ1n) is 7.40. The highest BCUT2D eigenvalue weighted by atomic mass is 16.5. The number of hydrogen-bond donors (Lipinski definition) is 1. The van der Waals surface area contributed by atoms with E-state index in [9.17, 15) is 9.90 Å². The highest BCUT2D eigenvalue weighted by Gasteiger charge is 2.20. The Balaban J connectivity index is 2.08. The van der Waals surface area contributed by atoms with Crippen molar-refractivity contribution in [3.63, 3.8) is 0 Å². The zero-order chi connectivity index (χ0) is 15.5. The van der Waals surface area contributed by atoms with Crippen molar-refractivity contribution >= 4 is 5.97 Å². The topological polar surface area (TPSA) is 68.7 Å². The minimum absolute atomic E-state index is 0.145.